The zero-order valence-corrected chi connectivity index (χ0v) is 13.5. The molecule has 1 atom stereocenters. The van der Waals surface area contributed by atoms with Gasteiger partial charge in [0.15, 0.2) is 5.69 Å². The number of esters is 1. The Morgan fingerprint density at radius 3 is 2.75 bits per heavy atom. The van der Waals surface area contributed by atoms with Gasteiger partial charge in [-0.3, -0.25) is 4.79 Å². The zero-order chi connectivity index (χ0) is 16.9. The molecule has 124 valence electrons. The Labute approximate surface area is 140 Å². The first kappa shape index (κ1) is 16.1. The van der Waals surface area contributed by atoms with Gasteiger partial charge in [0.25, 0.3) is 0 Å². The Morgan fingerprint density at radius 1 is 1.25 bits per heavy atom. The number of carbonyl (C=O) groups is 2. The third kappa shape index (κ3) is 3.27. The van der Waals surface area contributed by atoms with Gasteiger partial charge in [-0.1, -0.05) is 35.5 Å². The maximum atomic E-state index is 12.5. The highest BCUT2D eigenvalue weighted by Crippen LogP contribution is 2.26. The van der Waals surface area contributed by atoms with Crippen molar-refractivity contribution in [3.05, 3.63) is 59.1 Å². The second-order valence-corrected chi connectivity index (χ2v) is 5.81. The summed E-state index contributed by atoms with van der Waals surface area (Å²) in [5, 5.41) is 7.87. The van der Waals surface area contributed by atoms with E-state index in [0.29, 0.717) is 24.2 Å². The number of hydrogen-bond acceptors (Lipinski definition) is 5. The van der Waals surface area contributed by atoms with E-state index in [2.05, 4.69) is 10.3 Å². The van der Waals surface area contributed by atoms with E-state index in [9.17, 15) is 9.59 Å². The van der Waals surface area contributed by atoms with E-state index in [4.69, 9.17) is 4.74 Å². The van der Waals surface area contributed by atoms with Gasteiger partial charge >= 0.3 is 5.97 Å². The SMILES string of the molecule is C[C@H](c1ccccc1)n1nncc1C(=O)OC1=C(C=O)CCCC1. The molecule has 1 aromatic heterocycles. The van der Waals surface area contributed by atoms with Gasteiger partial charge in [-0.2, -0.15) is 0 Å². The van der Waals surface area contributed by atoms with Crippen molar-refractivity contribution in [2.45, 2.75) is 38.6 Å². The van der Waals surface area contributed by atoms with Crippen LogP contribution in [0, 0.1) is 0 Å². The van der Waals surface area contributed by atoms with E-state index in [1.807, 2.05) is 37.3 Å². The number of ether oxygens (including phenoxy) is 1. The van der Waals surface area contributed by atoms with Crippen LogP contribution in [0.15, 0.2) is 47.9 Å². The van der Waals surface area contributed by atoms with Crippen LogP contribution in [-0.2, 0) is 9.53 Å². The molecule has 0 bridgehead atoms. The fourth-order valence-electron chi connectivity index (χ4n) is 2.85. The van der Waals surface area contributed by atoms with Crippen molar-refractivity contribution < 1.29 is 14.3 Å². The lowest BCUT2D eigenvalue weighted by molar-refractivity contribution is -0.105. The first-order valence-electron chi connectivity index (χ1n) is 8.05. The fraction of sp³-hybridized carbons (Fsp3) is 0.333. The van der Waals surface area contributed by atoms with Gasteiger partial charge in [-0.15, -0.1) is 5.10 Å². The molecule has 6 heteroatoms. The van der Waals surface area contributed by atoms with Gasteiger partial charge < -0.3 is 4.74 Å². The number of hydrogen-bond donors (Lipinski definition) is 0. The normalized spacial score (nSPS) is 15.9. The summed E-state index contributed by atoms with van der Waals surface area (Å²) in [6, 6.07) is 9.59. The van der Waals surface area contributed by atoms with Crippen molar-refractivity contribution in [3.8, 4) is 0 Å². The fourth-order valence-corrected chi connectivity index (χ4v) is 2.85. The Kier molecular flexibility index (Phi) is 4.84. The summed E-state index contributed by atoms with van der Waals surface area (Å²) in [6.45, 7) is 1.94. The molecule has 0 saturated heterocycles. The number of nitrogens with zero attached hydrogens (tertiary/aromatic N) is 3. The van der Waals surface area contributed by atoms with E-state index < -0.39 is 5.97 Å². The lowest BCUT2D eigenvalue weighted by Crippen LogP contribution is -2.18. The molecule has 0 saturated carbocycles. The van der Waals surface area contributed by atoms with Crippen LogP contribution in [0.3, 0.4) is 0 Å². The zero-order valence-electron chi connectivity index (χ0n) is 13.5. The molecule has 24 heavy (non-hydrogen) atoms. The molecule has 1 aliphatic carbocycles. The first-order valence-corrected chi connectivity index (χ1v) is 8.05. The van der Waals surface area contributed by atoms with E-state index in [0.717, 1.165) is 24.7 Å². The quantitative estimate of drug-likeness (QED) is 0.624. The molecule has 0 radical (unpaired) electrons. The summed E-state index contributed by atoms with van der Waals surface area (Å²) in [4.78, 5) is 23.6. The average molecular weight is 325 g/mol. The molecule has 3 rings (SSSR count). The highest BCUT2D eigenvalue weighted by molar-refractivity contribution is 5.88. The molecule has 1 heterocycles. The average Bonchev–Trinajstić information content (AvgIpc) is 3.12. The van der Waals surface area contributed by atoms with Crippen molar-refractivity contribution in [2.24, 2.45) is 0 Å². The van der Waals surface area contributed by atoms with Gasteiger partial charge in [0, 0.05) is 12.0 Å². The third-order valence-electron chi connectivity index (χ3n) is 4.25. The van der Waals surface area contributed by atoms with Gasteiger partial charge in [-0.25, -0.2) is 9.48 Å². The molecular formula is C18H19N3O3. The summed E-state index contributed by atoms with van der Waals surface area (Å²) >= 11 is 0. The van der Waals surface area contributed by atoms with Crippen molar-refractivity contribution in [3.63, 3.8) is 0 Å². The number of rotatable bonds is 5. The van der Waals surface area contributed by atoms with Crippen molar-refractivity contribution in [1.82, 2.24) is 15.0 Å². The second kappa shape index (κ2) is 7.21. The molecular weight excluding hydrogens is 306 g/mol. The number of aldehydes is 1. The van der Waals surface area contributed by atoms with Gasteiger partial charge in [-0.05, 0) is 31.7 Å². The van der Waals surface area contributed by atoms with E-state index in [1.54, 1.807) is 4.68 Å². The lowest BCUT2D eigenvalue weighted by Gasteiger charge is -2.18. The minimum atomic E-state index is -0.529. The minimum Gasteiger partial charge on any atom is -0.426 e. The van der Waals surface area contributed by atoms with E-state index in [-0.39, 0.29) is 11.7 Å². The molecule has 0 aliphatic heterocycles. The molecule has 1 aliphatic rings. The summed E-state index contributed by atoms with van der Waals surface area (Å²) in [7, 11) is 0. The van der Waals surface area contributed by atoms with Crippen LogP contribution in [0.2, 0.25) is 0 Å². The molecule has 2 aromatic rings. The van der Waals surface area contributed by atoms with Gasteiger partial charge in [0.1, 0.15) is 12.0 Å². The van der Waals surface area contributed by atoms with Crippen LogP contribution < -0.4 is 0 Å². The molecule has 6 nitrogen and oxygen atoms in total. The lowest BCUT2D eigenvalue weighted by atomic mass is 9.99. The summed E-state index contributed by atoms with van der Waals surface area (Å²) in [5.74, 6) is -0.0552. The Bertz CT molecular complexity index is 765. The van der Waals surface area contributed by atoms with Crippen molar-refractivity contribution >= 4 is 12.3 Å². The van der Waals surface area contributed by atoms with E-state index in [1.165, 1.54) is 6.20 Å². The number of benzene rings is 1. The largest absolute Gasteiger partial charge is 0.426 e. The topological polar surface area (TPSA) is 74.1 Å². The van der Waals surface area contributed by atoms with Crippen LogP contribution in [0.5, 0.6) is 0 Å². The molecule has 1 aromatic carbocycles. The predicted molar refractivity (Wildman–Crippen MR) is 87.3 cm³/mol. The molecule has 0 amide bonds. The Morgan fingerprint density at radius 2 is 2.00 bits per heavy atom. The van der Waals surface area contributed by atoms with Crippen LogP contribution in [0.1, 0.15) is 54.7 Å². The summed E-state index contributed by atoms with van der Waals surface area (Å²) < 4.78 is 7.02. The number of carbonyl (C=O) groups excluding carboxylic acids is 2. The van der Waals surface area contributed by atoms with Gasteiger partial charge in [0.05, 0.1) is 12.2 Å². The Balaban J connectivity index is 1.83. The standard InChI is InChI=1S/C18H19N3O3/c1-13(14-7-3-2-4-8-14)21-16(11-19-20-21)18(23)24-17-10-6-5-9-15(17)12-22/h2-4,7-8,11-13H,5-6,9-10H2,1H3/t13-/m1/s1. The highest BCUT2D eigenvalue weighted by Gasteiger charge is 2.23. The molecule has 0 N–H and O–H groups in total. The number of allylic oxidation sites excluding steroid dienone is 2. The van der Waals surface area contributed by atoms with Crippen LogP contribution in [0.25, 0.3) is 0 Å². The molecule has 0 unspecified atom stereocenters. The minimum absolute atomic E-state index is 0.151. The third-order valence-corrected chi connectivity index (χ3v) is 4.25. The summed E-state index contributed by atoms with van der Waals surface area (Å²) in [5.41, 5.74) is 1.86. The highest BCUT2D eigenvalue weighted by atomic mass is 16.5. The van der Waals surface area contributed by atoms with E-state index >= 15 is 0 Å². The van der Waals surface area contributed by atoms with Crippen LogP contribution >= 0.6 is 0 Å². The first-order chi connectivity index (χ1) is 11.7. The maximum absolute atomic E-state index is 12.5. The van der Waals surface area contributed by atoms with Gasteiger partial charge in [0.2, 0.25) is 0 Å². The monoisotopic (exact) mass is 325 g/mol. The predicted octanol–water partition coefficient (Wildman–Crippen LogP) is 3.07. The smallest absolute Gasteiger partial charge is 0.363 e. The maximum Gasteiger partial charge on any atom is 0.363 e. The number of aromatic nitrogens is 3. The van der Waals surface area contributed by atoms with Crippen molar-refractivity contribution in [1.29, 1.82) is 0 Å². The Hall–Kier alpha value is -2.76. The molecule has 0 spiro atoms. The molecule has 0 fully saturated rings. The summed E-state index contributed by atoms with van der Waals surface area (Å²) in [6.07, 6.45) is 5.30. The van der Waals surface area contributed by atoms with Crippen molar-refractivity contribution in [2.75, 3.05) is 0 Å². The van der Waals surface area contributed by atoms with Crippen LogP contribution in [-0.4, -0.2) is 27.2 Å². The van der Waals surface area contributed by atoms with Crippen LogP contribution in [0.4, 0.5) is 0 Å². The second-order valence-electron chi connectivity index (χ2n) is 5.81.